The lowest BCUT2D eigenvalue weighted by Crippen LogP contribution is -1.98. The van der Waals surface area contributed by atoms with Crippen LogP contribution in [0, 0.1) is 0 Å². The van der Waals surface area contributed by atoms with Crippen molar-refractivity contribution in [2.45, 2.75) is 5.75 Å². The second kappa shape index (κ2) is 7.67. The average molecular weight is 264 g/mol. The maximum Gasteiger partial charge on any atom is 0.217 e. The van der Waals surface area contributed by atoms with Gasteiger partial charge < -0.3 is 4.55 Å². The van der Waals surface area contributed by atoms with Crippen molar-refractivity contribution in [3.63, 3.8) is 0 Å². The lowest BCUT2D eigenvalue weighted by atomic mass is 10.2. The largest absolute Gasteiger partial charge is 0.726 e. The molecule has 0 unspecified atom stereocenters. The van der Waals surface area contributed by atoms with E-state index in [1.54, 1.807) is 0 Å². The molecule has 0 heterocycles. The van der Waals surface area contributed by atoms with Gasteiger partial charge in [-0.05, 0) is 10.9 Å². The standard InChI is InChI=1S/C9H13S.CH4O4S/c1-10(2)8-9-6-4-3-5-7-9;1-5-6(2,3)4/h3-7H,8H2,1-2H3;1H3,(H,2,3,4)/q+1;/p-1. The summed E-state index contributed by atoms with van der Waals surface area (Å²) in [7, 11) is -3.07. The molecule has 0 aliphatic heterocycles. The van der Waals surface area contributed by atoms with Crippen LogP contribution in [-0.4, -0.2) is 32.6 Å². The summed E-state index contributed by atoms with van der Waals surface area (Å²) in [6, 6.07) is 10.6. The molecule has 0 fully saturated rings. The average Bonchev–Trinajstić information content (AvgIpc) is 2.18. The molecule has 0 bridgehead atoms. The van der Waals surface area contributed by atoms with Crippen LogP contribution in [0.25, 0.3) is 0 Å². The van der Waals surface area contributed by atoms with Gasteiger partial charge in [-0.2, -0.15) is 0 Å². The van der Waals surface area contributed by atoms with E-state index < -0.39 is 10.4 Å². The lowest BCUT2D eigenvalue weighted by Gasteiger charge is -1.98. The molecule has 0 aromatic heterocycles. The zero-order valence-corrected chi connectivity index (χ0v) is 11.2. The van der Waals surface area contributed by atoms with Crippen LogP contribution in [-0.2, 0) is 31.2 Å². The Morgan fingerprint density at radius 3 is 2.00 bits per heavy atom. The Morgan fingerprint density at radius 2 is 1.69 bits per heavy atom. The summed E-state index contributed by atoms with van der Waals surface area (Å²) < 4.78 is 31.0. The number of benzene rings is 1. The summed E-state index contributed by atoms with van der Waals surface area (Å²) in [5, 5.41) is 0. The first-order chi connectivity index (χ1) is 7.35. The smallest absolute Gasteiger partial charge is 0.217 e. The Labute approximate surface area is 99.9 Å². The van der Waals surface area contributed by atoms with Crippen molar-refractivity contribution in [1.29, 1.82) is 0 Å². The second-order valence-electron chi connectivity index (χ2n) is 3.19. The van der Waals surface area contributed by atoms with Gasteiger partial charge in [0.05, 0.1) is 19.6 Å². The predicted octanol–water partition coefficient (Wildman–Crippen LogP) is 1.16. The fraction of sp³-hybridized carbons (Fsp3) is 0.400. The maximum atomic E-state index is 9.22. The molecule has 4 nitrogen and oxygen atoms in total. The van der Waals surface area contributed by atoms with Crippen LogP contribution in [0.3, 0.4) is 0 Å². The van der Waals surface area contributed by atoms with Crippen LogP contribution < -0.4 is 0 Å². The van der Waals surface area contributed by atoms with Gasteiger partial charge in [-0.25, -0.2) is 8.42 Å². The van der Waals surface area contributed by atoms with Crippen LogP contribution in [0.15, 0.2) is 30.3 Å². The molecule has 0 N–H and O–H groups in total. The van der Waals surface area contributed by atoms with Crippen molar-refractivity contribution in [3.05, 3.63) is 35.9 Å². The SMILES string of the molecule is COS(=O)(=O)[O-].C[S+](C)Cc1ccccc1. The number of rotatable bonds is 3. The van der Waals surface area contributed by atoms with E-state index in [2.05, 4.69) is 47.0 Å². The summed E-state index contributed by atoms with van der Waals surface area (Å²) in [6.07, 6.45) is 4.54. The Bertz CT molecular complexity index is 373. The van der Waals surface area contributed by atoms with Crippen LogP contribution in [0.4, 0.5) is 0 Å². The van der Waals surface area contributed by atoms with Crippen LogP contribution in [0.2, 0.25) is 0 Å². The topological polar surface area (TPSA) is 66.4 Å². The van der Waals surface area contributed by atoms with Crippen molar-refractivity contribution in [1.82, 2.24) is 0 Å². The molecule has 1 aromatic carbocycles. The Balaban J connectivity index is 0.000000325. The molecule has 0 aliphatic rings. The number of hydrogen-bond donors (Lipinski definition) is 0. The van der Waals surface area contributed by atoms with E-state index in [0.29, 0.717) is 10.9 Å². The minimum atomic E-state index is -4.41. The Morgan fingerprint density at radius 1 is 1.25 bits per heavy atom. The second-order valence-corrected chi connectivity index (χ2v) is 6.60. The van der Waals surface area contributed by atoms with Gasteiger partial charge in [0.1, 0.15) is 5.75 Å². The summed E-state index contributed by atoms with van der Waals surface area (Å²) in [5.74, 6) is 1.22. The molecule has 6 heteroatoms. The molecule has 92 valence electrons. The quantitative estimate of drug-likeness (QED) is 0.467. The normalized spacial score (nSPS) is 10.8. The fourth-order valence-electron chi connectivity index (χ4n) is 0.908. The van der Waals surface area contributed by atoms with E-state index >= 15 is 0 Å². The van der Waals surface area contributed by atoms with E-state index in [1.807, 2.05) is 0 Å². The van der Waals surface area contributed by atoms with E-state index in [0.717, 1.165) is 7.11 Å². The van der Waals surface area contributed by atoms with Crippen molar-refractivity contribution >= 4 is 21.3 Å². The van der Waals surface area contributed by atoms with Gasteiger partial charge in [0.15, 0.2) is 0 Å². The molecule has 0 spiro atoms. The molecule has 0 saturated carbocycles. The van der Waals surface area contributed by atoms with Crippen molar-refractivity contribution in [2.75, 3.05) is 19.6 Å². The molecule has 1 rings (SSSR count). The van der Waals surface area contributed by atoms with Crippen LogP contribution >= 0.6 is 0 Å². The minimum absolute atomic E-state index is 0.533. The summed E-state index contributed by atoms with van der Waals surface area (Å²) in [4.78, 5) is 0. The van der Waals surface area contributed by atoms with Crippen molar-refractivity contribution in [2.24, 2.45) is 0 Å². The molecule has 16 heavy (non-hydrogen) atoms. The molecule has 1 aromatic rings. The third-order valence-electron chi connectivity index (χ3n) is 1.50. The van der Waals surface area contributed by atoms with Gasteiger partial charge in [0, 0.05) is 5.56 Å². The third-order valence-corrected chi connectivity index (χ3v) is 2.82. The van der Waals surface area contributed by atoms with E-state index in [1.165, 1.54) is 11.3 Å². The highest BCUT2D eigenvalue weighted by atomic mass is 32.3. The molecule has 0 amide bonds. The summed E-state index contributed by atoms with van der Waals surface area (Å²) in [6.45, 7) is 0. The van der Waals surface area contributed by atoms with Crippen LogP contribution in [0.1, 0.15) is 5.56 Å². The van der Waals surface area contributed by atoms with Gasteiger partial charge in [0.2, 0.25) is 10.4 Å². The molecule has 0 radical (unpaired) electrons. The highest BCUT2D eigenvalue weighted by Gasteiger charge is 2.01. The maximum absolute atomic E-state index is 9.22. The highest BCUT2D eigenvalue weighted by Crippen LogP contribution is 2.03. The fourth-order valence-corrected chi connectivity index (χ4v) is 1.77. The first kappa shape index (κ1) is 15.4. The minimum Gasteiger partial charge on any atom is -0.726 e. The summed E-state index contributed by atoms with van der Waals surface area (Å²) >= 11 is 0. The molecule has 0 saturated heterocycles. The first-order valence-electron chi connectivity index (χ1n) is 4.44. The predicted molar refractivity (Wildman–Crippen MR) is 66.1 cm³/mol. The molecule has 0 aliphatic carbocycles. The van der Waals surface area contributed by atoms with Crippen molar-refractivity contribution < 1.29 is 17.2 Å². The van der Waals surface area contributed by atoms with Crippen molar-refractivity contribution in [3.8, 4) is 0 Å². The third kappa shape index (κ3) is 9.97. The number of hydrogen-bond acceptors (Lipinski definition) is 4. The molecule has 0 atom stereocenters. The zero-order chi connectivity index (χ0) is 12.6. The van der Waals surface area contributed by atoms with E-state index in [-0.39, 0.29) is 0 Å². The monoisotopic (exact) mass is 264 g/mol. The van der Waals surface area contributed by atoms with Crippen LogP contribution in [0.5, 0.6) is 0 Å². The van der Waals surface area contributed by atoms with Gasteiger partial charge in [-0.15, -0.1) is 0 Å². The van der Waals surface area contributed by atoms with E-state index in [9.17, 15) is 13.0 Å². The van der Waals surface area contributed by atoms with Gasteiger partial charge in [-0.1, -0.05) is 30.3 Å². The highest BCUT2D eigenvalue weighted by molar-refractivity contribution is 7.94. The molecular weight excluding hydrogens is 248 g/mol. The lowest BCUT2D eigenvalue weighted by molar-refractivity contribution is 0.314. The molecular formula is C10H16O4S2. The first-order valence-corrected chi connectivity index (χ1v) is 7.99. The zero-order valence-electron chi connectivity index (χ0n) is 9.54. The van der Waals surface area contributed by atoms with Gasteiger partial charge in [0.25, 0.3) is 0 Å². The summed E-state index contributed by atoms with van der Waals surface area (Å²) in [5.41, 5.74) is 1.45. The Kier molecular flexibility index (Phi) is 7.40. The van der Waals surface area contributed by atoms with E-state index in [4.69, 9.17) is 0 Å². The van der Waals surface area contributed by atoms with Gasteiger partial charge in [-0.3, -0.25) is 4.18 Å². The van der Waals surface area contributed by atoms with Gasteiger partial charge >= 0.3 is 0 Å². The Hall–Kier alpha value is -0.560.